The molecule has 1 aliphatic rings. The van der Waals surface area contributed by atoms with E-state index in [0.717, 1.165) is 44.5 Å². The smallest absolute Gasteiger partial charge is 0.305 e. The molecule has 1 saturated heterocycles. The second-order valence-electron chi connectivity index (χ2n) is 4.70. The number of rotatable bonds is 5. The molecule has 0 unspecified atom stereocenters. The predicted molar refractivity (Wildman–Crippen MR) is 68.8 cm³/mol. The molecule has 1 aromatic carbocycles. The first-order valence-electron chi connectivity index (χ1n) is 6.44. The van der Waals surface area contributed by atoms with E-state index in [0.29, 0.717) is 18.3 Å². The van der Waals surface area contributed by atoms with Crippen molar-refractivity contribution in [1.29, 1.82) is 0 Å². The standard InChI is InChI=1S/C13H17FN2O3/c14-12-9-11(1-2-13(12)16(17)18)19-8-5-10-3-6-15-7-4-10/h1-2,9-10,15H,3-8H2. The quantitative estimate of drug-likeness (QED) is 0.658. The minimum absolute atomic E-state index is 0.344. The van der Waals surface area contributed by atoms with Crippen molar-refractivity contribution in [3.05, 3.63) is 34.1 Å². The Morgan fingerprint density at radius 2 is 2.16 bits per heavy atom. The number of benzene rings is 1. The molecule has 0 radical (unpaired) electrons. The summed E-state index contributed by atoms with van der Waals surface area (Å²) in [5, 5.41) is 13.8. The van der Waals surface area contributed by atoms with E-state index in [9.17, 15) is 14.5 Å². The van der Waals surface area contributed by atoms with E-state index in [-0.39, 0.29) is 0 Å². The third-order valence-corrected chi connectivity index (χ3v) is 3.37. The van der Waals surface area contributed by atoms with Crippen LogP contribution in [0.2, 0.25) is 0 Å². The summed E-state index contributed by atoms with van der Waals surface area (Å²) in [4.78, 5) is 9.73. The maximum atomic E-state index is 13.4. The van der Waals surface area contributed by atoms with Crippen LogP contribution in [-0.4, -0.2) is 24.6 Å². The monoisotopic (exact) mass is 268 g/mol. The molecule has 0 amide bonds. The summed E-state index contributed by atoms with van der Waals surface area (Å²) in [6, 6.07) is 3.64. The van der Waals surface area contributed by atoms with Crippen LogP contribution in [0.1, 0.15) is 19.3 Å². The molecular weight excluding hydrogens is 251 g/mol. The lowest BCUT2D eigenvalue weighted by atomic mass is 9.95. The lowest BCUT2D eigenvalue weighted by Gasteiger charge is -2.22. The van der Waals surface area contributed by atoms with Crippen LogP contribution in [-0.2, 0) is 0 Å². The number of nitro groups is 1. The molecule has 0 spiro atoms. The van der Waals surface area contributed by atoms with E-state index >= 15 is 0 Å². The lowest BCUT2D eigenvalue weighted by molar-refractivity contribution is -0.387. The normalized spacial score (nSPS) is 16.3. The van der Waals surface area contributed by atoms with Gasteiger partial charge in [-0.1, -0.05) is 0 Å². The van der Waals surface area contributed by atoms with Gasteiger partial charge in [-0.2, -0.15) is 4.39 Å². The highest BCUT2D eigenvalue weighted by molar-refractivity contribution is 5.37. The van der Waals surface area contributed by atoms with Gasteiger partial charge in [0.25, 0.3) is 0 Å². The van der Waals surface area contributed by atoms with Crippen molar-refractivity contribution in [2.45, 2.75) is 19.3 Å². The summed E-state index contributed by atoms with van der Waals surface area (Å²) in [6.45, 7) is 2.59. The number of hydrogen-bond donors (Lipinski definition) is 1. The molecule has 1 fully saturated rings. The molecule has 0 aromatic heterocycles. The fraction of sp³-hybridized carbons (Fsp3) is 0.538. The zero-order chi connectivity index (χ0) is 13.7. The minimum Gasteiger partial charge on any atom is -0.493 e. The number of ether oxygens (including phenoxy) is 1. The molecular formula is C13H17FN2O3. The van der Waals surface area contributed by atoms with Gasteiger partial charge in [0, 0.05) is 12.1 Å². The van der Waals surface area contributed by atoms with Crippen LogP contribution in [0.5, 0.6) is 5.75 Å². The first kappa shape index (κ1) is 13.7. The minimum atomic E-state index is -0.857. The van der Waals surface area contributed by atoms with E-state index in [4.69, 9.17) is 4.74 Å². The largest absolute Gasteiger partial charge is 0.493 e. The molecule has 5 nitrogen and oxygen atoms in total. The van der Waals surface area contributed by atoms with Gasteiger partial charge in [0.15, 0.2) is 0 Å². The Hall–Kier alpha value is -1.69. The molecule has 0 atom stereocenters. The summed E-state index contributed by atoms with van der Waals surface area (Å²) in [6.07, 6.45) is 3.20. The molecule has 19 heavy (non-hydrogen) atoms. The summed E-state index contributed by atoms with van der Waals surface area (Å²) in [5.74, 6) is 0.130. The molecule has 0 bridgehead atoms. The second kappa shape index (κ2) is 6.47. The summed E-state index contributed by atoms with van der Waals surface area (Å²) >= 11 is 0. The number of nitrogens with zero attached hydrogens (tertiary/aromatic N) is 1. The van der Waals surface area contributed by atoms with Crippen molar-refractivity contribution in [3.63, 3.8) is 0 Å². The third-order valence-electron chi connectivity index (χ3n) is 3.37. The Morgan fingerprint density at radius 1 is 1.42 bits per heavy atom. The molecule has 104 valence electrons. The molecule has 1 aromatic rings. The predicted octanol–water partition coefficient (Wildman–Crippen LogP) is 2.50. The van der Waals surface area contributed by atoms with Crippen LogP contribution in [0, 0.1) is 21.8 Å². The first-order valence-corrected chi connectivity index (χ1v) is 6.44. The molecule has 1 N–H and O–H groups in total. The van der Waals surface area contributed by atoms with Crippen LogP contribution in [0.25, 0.3) is 0 Å². The number of nitrogens with one attached hydrogen (secondary N) is 1. The molecule has 0 saturated carbocycles. The Balaban J connectivity index is 1.82. The van der Waals surface area contributed by atoms with Crippen LogP contribution in [0.4, 0.5) is 10.1 Å². The van der Waals surface area contributed by atoms with Gasteiger partial charge in [0.05, 0.1) is 11.5 Å². The Bertz CT molecular complexity index is 448. The Kier molecular flexibility index (Phi) is 4.68. The van der Waals surface area contributed by atoms with Gasteiger partial charge in [-0.05, 0) is 44.3 Å². The molecule has 6 heteroatoms. The first-order chi connectivity index (χ1) is 9.16. The highest BCUT2D eigenvalue weighted by Gasteiger charge is 2.15. The van der Waals surface area contributed by atoms with Crippen molar-refractivity contribution < 1.29 is 14.1 Å². The SMILES string of the molecule is O=[N+]([O-])c1ccc(OCCC2CCNCC2)cc1F. The van der Waals surface area contributed by atoms with Gasteiger partial charge < -0.3 is 10.1 Å². The Morgan fingerprint density at radius 3 is 2.79 bits per heavy atom. The topological polar surface area (TPSA) is 64.4 Å². The highest BCUT2D eigenvalue weighted by atomic mass is 19.1. The van der Waals surface area contributed by atoms with E-state index in [1.807, 2.05) is 0 Å². The van der Waals surface area contributed by atoms with E-state index in [1.54, 1.807) is 0 Å². The maximum absolute atomic E-state index is 13.4. The Labute approximate surface area is 110 Å². The van der Waals surface area contributed by atoms with Crippen molar-refractivity contribution in [3.8, 4) is 5.75 Å². The zero-order valence-electron chi connectivity index (χ0n) is 10.6. The fourth-order valence-electron chi connectivity index (χ4n) is 2.24. The molecule has 0 aliphatic carbocycles. The van der Waals surface area contributed by atoms with Crippen molar-refractivity contribution in [2.75, 3.05) is 19.7 Å². The maximum Gasteiger partial charge on any atom is 0.305 e. The summed E-state index contributed by atoms with van der Waals surface area (Å²) < 4.78 is 18.8. The van der Waals surface area contributed by atoms with Gasteiger partial charge in [0.2, 0.25) is 5.82 Å². The summed E-state index contributed by atoms with van der Waals surface area (Å²) in [7, 11) is 0. The van der Waals surface area contributed by atoms with Crippen molar-refractivity contribution in [2.24, 2.45) is 5.92 Å². The number of nitro benzene ring substituents is 1. The molecule has 2 rings (SSSR count). The second-order valence-corrected chi connectivity index (χ2v) is 4.70. The fourth-order valence-corrected chi connectivity index (χ4v) is 2.24. The number of piperidine rings is 1. The lowest BCUT2D eigenvalue weighted by Crippen LogP contribution is -2.28. The number of hydrogen-bond acceptors (Lipinski definition) is 4. The van der Waals surface area contributed by atoms with Gasteiger partial charge in [-0.3, -0.25) is 10.1 Å². The number of halogens is 1. The average molecular weight is 268 g/mol. The van der Waals surface area contributed by atoms with Crippen LogP contribution in [0.3, 0.4) is 0 Å². The van der Waals surface area contributed by atoms with Gasteiger partial charge in [-0.25, -0.2) is 0 Å². The van der Waals surface area contributed by atoms with Crippen LogP contribution in [0.15, 0.2) is 18.2 Å². The average Bonchev–Trinajstić information content (AvgIpc) is 2.39. The molecule has 1 aliphatic heterocycles. The van der Waals surface area contributed by atoms with E-state index in [1.165, 1.54) is 6.07 Å². The van der Waals surface area contributed by atoms with E-state index < -0.39 is 16.4 Å². The van der Waals surface area contributed by atoms with Crippen LogP contribution < -0.4 is 10.1 Å². The summed E-state index contributed by atoms with van der Waals surface area (Å²) in [5.41, 5.74) is -0.522. The highest BCUT2D eigenvalue weighted by Crippen LogP contribution is 2.23. The van der Waals surface area contributed by atoms with Crippen LogP contribution >= 0.6 is 0 Å². The van der Waals surface area contributed by atoms with E-state index in [2.05, 4.69) is 5.32 Å². The third kappa shape index (κ3) is 3.89. The van der Waals surface area contributed by atoms with Gasteiger partial charge in [0.1, 0.15) is 5.75 Å². The molecule has 1 heterocycles. The van der Waals surface area contributed by atoms with Gasteiger partial charge >= 0.3 is 5.69 Å². The van der Waals surface area contributed by atoms with Crippen molar-refractivity contribution in [1.82, 2.24) is 5.32 Å². The zero-order valence-corrected chi connectivity index (χ0v) is 10.6. The van der Waals surface area contributed by atoms with Crippen molar-refractivity contribution >= 4 is 5.69 Å². The van der Waals surface area contributed by atoms with Gasteiger partial charge in [-0.15, -0.1) is 0 Å².